The van der Waals surface area contributed by atoms with E-state index in [0.717, 1.165) is 5.56 Å². The fourth-order valence-corrected chi connectivity index (χ4v) is 3.12. The molecule has 0 aliphatic carbocycles. The number of anilines is 2. The normalized spacial score (nSPS) is 16.9. The molecule has 7 nitrogen and oxygen atoms in total. The smallest absolute Gasteiger partial charge is 0.332 e. The molecule has 1 aliphatic rings. The van der Waals surface area contributed by atoms with Crippen molar-refractivity contribution in [3.8, 4) is 0 Å². The van der Waals surface area contributed by atoms with Crippen LogP contribution in [-0.2, 0) is 16.9 Å². The fraction of sp³-hybridized carbons (Fsp3) is 0.350. The van der Waals surface area contributed by atoms with Crippen molar-refractivity contribution in [2.45, 2.75) is 45.4 Å². The summed E-state index contributed by atoms with van der Waals surface area (Å²) >= 11 is 0. The quantitative estimate of drug-likeness (QED) is 0.808. The summed E-state index contributed by atoms with van der Waals surface area (Å²) < 4.78 is 0. The molecule has 142 valence electrons. The van der Waals surface area contributed by atoms with Crippen LogP contribution in [0.15, 0.2) is 42.6 Å². The van der Waals surface area contributed by atoms with Crippen molar-refractivity contribution in [3.63, 3.8) is 0 Å². The highest BCUT2D eigenvalue weighted by Gasteiger charge is 2.51. The van der Waals surface area contributed by atoms with Gasteiger partial charge in [0.05, 0.1) is 11.3 Å². The highest BCUT2D eigenvalue weighted by Crippen LogP contribution is 2.34. The summed E-state index contributed by atoms with van der Waals surface area (Å²) in [5.74, 6) is 0.0629. The maximum Gasteiger partial charge on any atom is 0.332 e. The Morgan fingerprint density at radius 3 is 2.33 bits per heavy atom. The summed E-state index contributed by atoms with van der Waals surface area (Å²) in [5.41, 5.74) is 5.70. The first-order valence-corrected chi connectivity index (χ1v) is 8.71. The second kappa shape index (κ2) is 6.35. The van der Waals surface area contributed by atoms with Crippen LogP contribution in [0, 0.1) is 0 Å². The Morgan fingerprint density at radius 1 is 1.15 bits per heavy atom. The topological polar surface area (TPSA) is 99.8 Å². The van der Waals surface area contributed by atoms with Crippen LogP contribution in [0.25, 0.3) is 0 Å². The van der Waals surface area contributed by atoms with E-state index in [9.17, 15) is 14.7 Å². The van der Waals surface area contributed by atoms with Gasteiger partial charge in [0.2, 0.25) is 0 Å². The minimum Gasteiger partial charge on any atom is -0.386 e. The van der Waals surface area contributed by atoms with Gasteiger partial charge in [-0.2, -0.15) is 0 Å². The zero-order chi connectivity index (χ0) is 20.0. The van der Waals surface area contributed by atoms with E-state index >= 15 is 0 Å². The molecule has 1 saturated heterocycles. The molecule has 27 heavy (non-hydrogen) atoms. The monoisotopic (exact) mass is 368 g/mol. The molecule has 0 spiro atoms. The van der Waals surface area contributed by atoms with Crippen LogP contribution in [0.3, 0.4) is 0 Å². The number of aromatic nitrogens is 1. The minimum atomic E-state index is -0.996. The zero-order valence-corrected chi connectivity index (χ0v) is 15.9. The fourth-order valence-electron chi connectivity index (χ4n) is 3.12. The number of rotatable bonds is 4. The Hall–Kier alpha value is -2.93. The van der Waals surface area contributed by atoms with Gasteiger partial charge in [0.15, 0.2) is 0 Å². The summed E-state index contributed by atoms with van der Waals surface area (Å²) in [6.45, 7) is 7.06. The van der Waals surface area contributed by atoms with Gasteiger partial charge in [-0.3, -0.25) is 4.79 Å². The van der Waals surface area contributed by atoms with Crippen LogP contribution >= 0.6 is 0 Å². The summed E-state index contributed by atoms with van der Waals surface area (Å²) in [6, 6.07) is 9.85. The SMILES string of the molecule is CC(C)(O)c1ccc(N2C(=O)N(Cc3ccnc(N)c3)C(C)(C)C2=O)cc1. The molecule has 1 aromatic carbocycles. The maximum atomic E-state index is 13.0. The summed E-state index contributed by atoms with van der Waals surface area (Å²) in [4.78, 5) is 32.7. The molecule has 0 saturated carbocycles. The number of hydrogen-bond acceptors (Lipinski definition) is 5. The predicted octanol–water partition coefficient (Wildman–Crippen LogP) is 2.64. The molecule has 3 rings (SSSR count). The summed E-state index contributed by atoms with van der Waals surface area (Å²) in [6.07, 6.45) is 1.58. The molecule has 0 atom stereocenters. The number of carbonyl (C=O) groups is 2. The molecule has 0 bridgehead atoms. The minimum absolute atomic E-state index is 0.253. The third kappa shape index (κ3) is 3.38. The molecule has 2 aromatic rings. The van der Waals surface area contributed by atoms with Crippen molar-refractivity contribution >= 4 is 23.4 Å². The van der Waals surface area contributed by atoms with Gasteiger partial charge in [-0.25, -0.2) is 14.7 Å². The van der Waals surface area contributed by atoms with Crippen molar-refractivity contribution in [2.24, 2.45) is 0 Å². The molecule has 3 amide bonds. The van der Waals surface area contributed by atoms with Crippen LogP contribution in [0.1, 0.15) is 38.8 Å². The Bertz CT molecular complexity index is 885. The van der Waals surface area contributed by atoms with E-state index in [1.54, 1.807) is 70.3 Å². The Morgan fingerprint density at radius 2 is 1.78 bits per heavy atom. The maximum absolute atomic E-state index is 13.0. The van der Waals surface area contributed by atoms with Crippen LogP contribution in [0.4, 0.5) is 16.3 Å². The molecule has 2 heterocycles. The third-order valence-electron chi connectivity index (χ3n) is 4.84. The number of nitrogens with zero attached hydrogens (tertiary/aromatic N) is 3. The predicted molar refractivity (Wildman–Crippen MR) is 103 cm³/mol. The Labute approximate surface area is 158 Å². The number of hydrogen-bond donors (Lipinski definition) is 2. The molecular weight excluding hydrogens is 344 g/mol. The van der Waals surface area contributed by atoms with Crippen molar-refractivity contribution in [2.75, 3.05) is 10.6 Å². The molecule has 7 heteroatoms. The second-order valence-electron chi connectivity index (χ2n) is 7.76. The first kappa shape index (κ1) is 18.8. The lowest BCUT2D eigenvalue weighted by Gasteiger charge is -2.27. The number of carbonyl (C=O) groups excluding carboxylic acids is 2. The van der Waals surface area contributed by atoms with Gasteiger partial charge in [0.25, 0.3) is 5.91 Å². The lowest BCUT2D eigenvalue weighted by molar-refractivity contribution is -0.123. The van der Waals surface area contributed by atoms with Gasteiger partial charge in [0, 0.05) is 12.7 Å². The van der Waals surface area contributed by atoms with E-state index in [2.05, 4.69) is 4.98 Å². The summed E-state index contributed by atoms with van der Waals surface area (Å²) in [5, 5.41) is 10.1. The molecule has 0 unspecified atom stereocenters. The van der Waals surface area contributed by atoms with Crippen LogP contribution < -0.4 is 10.6 Å². The lowest BCUT2D eigenvalue weighted by Crippen LogP contribution is -2.43. The van der Waals surface area contributed by atoms with E-state index in [1.807, 2.05) is 0 Å². The average Bonchev–Trinajstić information content (AvgIpc) is 2.74. The van der Waals surface area contributed by atoms with Gasteiger partial charge in [0.1, 0.15) is 11.4 Å². The molecule has 1 aliphatic heterocycles. The number of imide groups is 1. The number of nitrogens with two attached hydrogens (primary N) is 1. The van der Waals surface area contributed by atoms with Gasteiger partial charge < -0.3 is 15.7 Å². The molecule has 3 N–H and O–H groups in total. The van der Waals surface area contributed by atoms with Crippen molar-refractivity contribution < 1.29 is 14.7 Å². The highest BCUT2D eigenvalue weighted by atomic mass is 16.3. The van der Waals surface area contributed by atoms with Crippen molar-refractivity contribution in [3.05, 3.63) is 53.7 Å². The van der Waals surface area contributed by atoms with Crippen molar-refractivity contribution in [1.29, 1.82) is 0 Å². The first-order valence-electron chi connectivity index (χ1n) is 8.71. The lowest BCUT2D eigenvalue weighted by atomic mass is 9.98. The Kier molecular flexibility index (Phi) is 4.43. The van der Waals surface area contributed by atoms with Gasteiger partial charge in [-0.05, 0) is 63.1 Å². The number of pyridine rings is 1. The van der Waals surface area contributed by atoms with E-state index < -0.39 is 17.2 Å². The number of amides is 3. The van der Waals surface area contributed by atoms with E-state index in [-0.39, 0.29) is 12.5 Å². The second-order valence-corrected chi connectivity index (χ2v) is 7.76. The van der Waals surface area contributed by atoms with E-state index in [1.165, 1.54) is 9.80 Å². The number of urea groups is 1. The number of nitrogen functional groups attached to an aromatic ring is 1. The van der Waals surface area contributed by atoms with Gasteiger partial charge >= 0.3 is 6.03 Å². The van der Waals surface area contributed by atoms with Gasteiger partial charge in [-0.15, -0.1) is 0 Å². The van der Waals surface area contributed by atoms with Crippen LogP contribution in [0.2, 0.25) is 0 Å². The van der Waals surface area contributed by atoms with E-state index in [0.29, 0.717) is 17.1 Å². The van der Waals surface area contributed by atoms with E-state index in [4.69, 9.17) is 5.73 Å². The van der Waals surface area contributed by atoms with Crippen LogP contribution in [0.5, 0.6) is 0 Å². The first-order chi connectivity index (χ1) is 12.5. The standard InChI is InChI=1S/C20H24N4O3/c1-19(2)17(25)24(15-7-5-14(6-8-15)20(3,4)27)18(26)23(19)12-13-9-10-22-16(21)11-13/h5-11,27H,12H2,1-4H3,(H2,21,22). The average molecular weight is 368 g/mol. The molecule has 0 radical (unpaired) electrons. The highest BCUT2D eigenvalue weighted by molar-refractivity contribution is 6.22. The number of benzene rings is 1. The Balaban J connectivity index is 1.92. The molecular formula is C20H24N4O3. The van der Waals surface area contributed by atoms with Gasteiger partial charge in [-0.1, -0.05) is 12.1 Å². The zero-order valence-electron chi connectivity index (χ0n) is 15.9. The number of aliphatic hydroxyl groups is 1. The molecule has 1 fully saturated rings. The van der Waals surface area contributed by atoms with Crippen LogP contribution in [-0.4, -0.2) is 32.5 Å². The largest absolute Gasteiger partial charge is 0.386 e. The molecule has 1 aromatic heterocycles. The van der Waals surface area contributed by atoms with Crippen molar-refractivity contribution in [1.82, 2.24) is 9.88 Å². The third-order valence-corrected chi connectivity index (χ3v) is 4.84. The summed E-state index contributed by atoms with van der Waals surface area (Å²) in [7, 11) is 0.